The van der Waals surface area contributed by atoms with Gasteiger partial charge >= 0.3 is 6.03 Å². The van der Waals surface area contributed by atoms with Gasteiger partial charge in [0.05, 0.1) is 11.4 Å². The van der Waals surface area contributed by atoms with Crippen LogP contribution in [0.15, 0.2) is 36.4 Å². The molecule has 1 heterocycles. The third kappa shape index (κ3) is 3.59. The predicted molar refractivity (Wildman–Crippen MR) is 84.0 cm³/mol. The quantitative estimate of drug-likeness (QED) is 0.350. The van der Waals surface area contributed by atoms with Gasteiger partial charge in [-0.05, 0) is 36.4 Å². The van der Waals surface area contributed by atoms with Gasteiger partial charge in [0.2, 0.25) is 5.95 Å². The minimum absolute atomic E-state index is 0.336. The number of nitrogens with one attached hydrogen (secondary N) is 1. The van der Waals surface area contributed by atoms with Gasteiger partial charge in [0.25, 0.3) is 0 Å². The second-order valence-corrected chi connectivity index (χ2v) is 4.62. The van der Waals surface area contributed by atoms with Crippen molar-refractivity contribution < 1.29 is 9.18 Å². The van der Waals surface area contributed by atoms with Gasteiger partial charge in [-0.2, -0.15) is 4.39 Å². The fourth-order valence-electron chi connectivity index (χ4n) is 1.77. The zero-order valence-corrected chi connectivity index (χ0v) is 12.1. The average Bonchev–Trinajstić information content (AvgIpc) is 2.52. The Kier molecular flexibility index (Phi) is 5.05. The van der Waals surface area contributed by atoms with Crippen LogP contribution < -0.4 is 22.1 Å². The van der Waals surface area contributed by atoms with Crippen LogP contribution >= 0.6 is 11.6 Å². The molecule has 5 N–H and O–H groups in total. The highest BCUT2D eigenvalue weighted by Crippen LogP contribution is 2.28. The second kappa shape index (κ2) is 6.99. The first-order chi connectivity index (χ1) is 10.5. The van der Waals surface area contributed by atoms with Crippen LogP contribution in [0.1, 0.15) is 11.3 Å². The summed E-state index contributed by atoms with van der Waals surface area (Å²) in [7, 11) is 0. The summed E-state index contributed by atoms with van der Waals surface area (Å²) in [5, 5.41) is 1.19. The predicted octanol–water partition coefficient (Wildman–Crippen LogP) is 2.31. The zero-order valence-electron chi connectivity index (χ0n) is 11.3. The van der Waals surface area contributed by atoms with Crippen LogP contribution in [-0.2, 0) is 0 Å². The van der Waals surface area contributed by atoms with Crippen LogP contribution in [0.3, 0.4) is 0 Å². The molecule has 0 aliphatic carbocycles. The largest absolute Gasteiger partial charge is 0.350 e. The molecule has 2 amide bonds. The minimum Gasteiger partial charge on any atom is -0.274 e. The molecule has 2 rings (SSSR count). The van der Waals surface area contributed by atoms with Crippen molar-refractivity contribution in [3.8, 4) is 0 Å². The van der Waals surface area contributed by atoms with E-state index >= 15 is 0 Å². The molecule has 8 heteroatoms. The van der Waals surface area contributed by atoms with Gasteiger partial charge in [0, 0.05) is 10.6 Å². The maximum Gasteiger partial charge on any atom is 0.350 e. The molecular formula is C14H13ClFN5O. The topological polar surface area (TPSA) is 97.3 Å². The molecule has 0 saturated heterocycles. The molecule has 6 nitrogen and oxygen atoms in total. The molecule has 1 aromatic heterocycles. The molecule has 1 aromatic carbocycles. The summed E-state index contributed by atoms with van der Waals surface area (Å²) in [4.78, 5) is 15.2. The van der Waals surface area contributed by atoms with Crippen molar-refractivity contribution in [2.45, 2.75) is 0 Å². The summed E-state index contributed by atoms with van der Waals surface area (Å²) in [6.07, 6.45) is 3.14. The molecule has 0 radical (unpaired) electrons. The second-order valence-electron chi connectivity index (χ2n) is 4.21. The number of anilines is 1. The van der Waals surface area contributed by atoms with Crippen molar-refractivity contribution in [3.63, 3.8) is 0 Å². The molecule has 0 saturated carbocycles. The third-order valence-corrected chi connectivity index (χ3v) is 3.12. The van der Waals surface area contributed by atoms with E-state index in [1.54, 1.807) is 36.4 Å². The van der Waals surface area contributed by atoms with E-state index in [0.29, 0.717) is 22.0 Å². The number of hydrogen-bond donors (Lipinski definition) is 3. The van der Waals surface area contributed by atoms with E-state index in [0.717, 1.165) is 5.01 Å². The van der Waals surface area contributed by atoms with Crippen LogP contribution in [0.4, 0.5) is 14.9 Å². The number of carbonyl (C=O) groups excluding carboxylic acids is 1. The molecule has 0 fully saturated rings. The minimum atomic E-state index is -0.708. The fraction of sp³-hybridized carbons (Fsp3) is 0. The van der Waals surface area contributed by atoms with Crippen LogP contribution in [0.5, 0.6) is 0 Å². The van der Waals surface area contributed by atoms with Crippen LogP contribution in [0.25, 0.3) is 12.2 Å². The Hall–Kier alpha value is -2.48. The Morgan fingerprint density at radius 1 is 1.27 bits per heavy atom. The Morgan fingerprint density at radius 2 is 2.00 bits per heavy atom. The van der Waals surface area contributed by atoms with Crippen LogP contribution in [0.2, 0.25) is 5.02 Å². The third-order valence-electron chi connectivity index (χ3n) is 2.79. The number of urea groups is 1. The van der Waals surface area contributed by atoms with Crippen molar-refractivity contribution in [2.75, 3.05) is 5.01 Å². The van der Waals surface area contributed by atoms with Crippen LogP contribution in [-0.4, -0.2) is 11.0 Å². The Balaban J connectivity index is 2.40. The van der Waals surface area contributed by atoms with E-state index in [2.05, 4.69) is 4.98 Å². The van der Waals surface area contributed by atoms with E-state index in [1.807, 2.05) is 5.43 Å². The summed E-state index contributed by atoms with van der Waals surface area (Å²) in [6, 6.07) is 8.57. The number of amides is 2. The molecule has 0 bridgehead atoms. The monoisotopic (exact) mass is 321 g/mol. The van der Waals surface area contributed by atoms with E-state index in [4.69, 9.17) is 23.3 Å². The van der Waals surface area contributed by atoms with Gasteiger partial charge in [0.15, 0.2) is 0 Å². The first-order valence-corrected chi connectivity index (χ1v) is 6.55. The standard InChI is InChI=1S/C14H13ClFN5O/c15-11-4-2-5-12(21(18)14(22)20-17)10(11)8-7-9-3-1-6-13(16)19-9/h1-8H,17-18H2,(H,20,22)/b8-7+. The lowest BCUT2D eigenvalue weighted by molar-refractivity contribution is 0.246. The SMILES string of the molecule is NNC(=O)N(N)c1cccc(Cl)c1/C=C/c1cccc(F)n1. The number of carbonyl (C=O) groups is 1. The van der Waals surface area contributed by atoms with Crippen molar-refractivity contribution in [3.05, 3.63) is 58.6 Å². The molecule has 114 valence electrons. The number of aromatic nitrogens is 1. The van der Waals surface area contributed by atoms with Gasteiger partial charge in [-0.3, -0.25) is 5.43 Å². The Morgan fingerprint density at radius 3 is 2.68 bits per heavy atom. The fourth-order valence-corrected chi connectivity index (χ4v) is 2.00. The van der Waals surface area contributed by atoms with Gasteiger partial charge in [-0.1, -0.05) is 23.7 Å². The van der Waals surface area contributed by atoms with Gasteiger partial charge in [0.1, 0.15) is 0 Å². The summed E-state index contributed by atoms with van der Waals surface area (Å²) < 4.78 is 13.1. The number of benzene rings is 1. The number of nitrogens with two attached hydrogens (primary N) is 2. The number of hydrazine groups is 2. The highest BCUT2D eigenvalue weighted by molar-refractivity contribution is 6.32. The molecule has 0 aliphatic rings. The van der Waals surface area contributed by atoms with E-state index in [9.17, 15) is 9.18 Å². The maximum absolute atomic E-state index is 13.1. The smallest absolute Gasteiger partial charge is 0.274 e. The molecule has 0 spiro atoms. The molecule has 2 aromatic rings. The number of hydrogen-bond acceptors (Lipinski definition) is 4. The highest BCUT2D eigenvalue weighted by atomic mass is 35.5. The lowest BCUT2D eigenvalue weighted by Crippen LogP contribution is -2.47. The van der Waals surface area contributed by atoms with Crippen LogP contribution in [0, 0.1) is 5.95 Å². The van der Waals surface area contributed by atoms with Crippen molar-refractivity contribution in [1.29, 1.82) is 0 Å². The normalized spacial score (nSPS) is 10.7. The molecular weight excluding hydrogens is 309 g/mol. The van der Waals surface area contributed by atoms with Gasteiger partial charge in [-0.25, -0.2) is 26.5 Å². The van der Waals surface area contributed by atoms with E-state index < -0.39 is 12.0 Å². The summed E-state index contributed by atoms with van der Waals surface area (Å²) in [5.74, 6) is 10.1. The molecule has 22 heavy (non-hydrogen) atoms. The summed E-state index contributed by atoms with van der Waals surface area (Å²) >= 11 is 6.13. The maximum atomic E-state index is 13.1. The Labute approximate surface area is 131 Å². The van der Waals surface area contributed by atoms with Crippen molar-refractivity contribution in [2.24, 2.45) is 11.7 Å². The average molecular weight is 322 g/mol. The summed E-state index contributed by atoms with van der Waals surface area (Å²) in [6.45, 7) is 0. The van der Waals surface area contributed by atoms with Crippen molar-refractivity contribution in [1.82, 2.24) is 10.4 Å². The van der Waals surface area contributed by atoms with E-state index in [1.165, 1.54) is 12.1 Å². The number of nitrogens with zero attached hydrogens (tertiary/aromatic N) is 2. The first kappa shape index (κ1) is 15.9. The number of pyridine rings is 1. The van der Waals surface area contributed by atoms with E-state index in [-0.39, 0.29) is 0 Å². The summed E-state index contributed by atoms with van der Waals surface area (Å²) in [5.41, 5.74) is 3.13. The zero-order chi connectivity index (χ0) is 16.1. The Bertz CT molecular complexity index is 722. The molecule has 0 unspecified atom stereocenters. The lowest BCUT2D eigenvalue weighted by atomic mass is 10.1. The highest BCUT2D eigenvalue weighted by Gasteiger charge is 2.14. The number of halogens is 2. The van der Waals surface area contributed by atoms with Crippen molar-refractivity contribution >= 4 is 35.5 Å². The first-order valence-electron chi connectivity index (χ1n) is 6.17. The molecule has 0 atom stereocenters. The molecule has 0 aliphatic heterocycles. The lowest BCUT2D eigenvalue weighted by Gasteiger charge is -2.18. The number of rotatable bonds is 3. The van der Waals surface area contributed by atoms with Gasteiger partial charge in [-0.15, -0.1) is 0 Å². The van der Waals surface area contributed by atoms with Gasteiger partial charge < -0.3 is 0 Å².